The third kappa shape index (κ3) is 4.45. The van der Waals surface area contributed by atoms with Gasteiger partial charge in [-0.05, 0) is 31.4 Å². The largest absolute Gasteiger partial charge is 0.508 e. The zero-order chi connectivity index (χ0) is 21.1. The quantitative estimate of drug-likeness (QED) is 0.666. The Kier molecular flexibility index (Phi) is 6.25. The molecule has 0 saturated heterocycles. The van der Waals surface area contributed by atoms with Gasteiger partial charge in [0.25, 0.3) is 5.91 Å². The van der Waals surface area contributed by atoms with Gasteiger partial charge in [0.05, 0.1) is 11.8 Å². The summed E-state index contributed by atoms with van der Waals surface area (Å²) in [5.41, 5.74) is 2.13. The van der Waals surface area contributed by atoms with Crippen LogP contribution in [0.1, 0.15) is 62.3 Å². The molecule has 3 N–H and O–H groups in total. The Hall–Kier alpha value is -2.57. The summed E-state index contributed by atoms with van der Waals surface area (Å²) in [6.45, 7) is 2.52. The van der Waals surface area contributed by atoms with Crippen molar-refractivity contribution >= 4 is 11.6 Å². The first-order chi connectivity index (χ1) is 14.5. The molecule has 1 aliphatic carbocycles. The van der Waals surface area contributed by atoms with E-state index in [2.05, 4.69) is 29.3 Å². The smallest absolute Gasteiger partial charge is 0.262 e. The lowest BCUT2D eigenvalue weighted by Crippen LogP contribution is -2.41. The number of fused-ring (bicyclic) bond motifs is 1. The van der Waals surface area contributed by atoms with Gasteiger partial charge in [-0.25, -0.2) is 0 Å². The molecule has 2 aromatic carbocycles. The molecule has 0 bridgehead atoms. The molecule has 4 rings (SSSR count). The van der Waals surface area contributed by atoms with E-state index in [1.165, 1.54) is 37.0 Å². The summed E-state index contributed by atoms with van der Waals surface area (Å²) in [7, 11) is 0. The van der Waals surface area contributed by atoms with Crippen LogP contribution < -0.4 is 10.1 Å². The normalized spacial score (nSPS) is 19.0. The number of aliphatic hydroxyl groups excluding tert-OH is 1. The number of nitrogens with one attached hydrogen (secondary N) is 1. The fourth-order valence-corrected chi connectivity index (χ4v) is 4.72. The summed E-state index contributed by atoms with van der Waals surface area (Å²) in [6, 6.07) is 13.9. The standard InChI is InChI=1S/C24H30N2O4/c1-16(17-8-4-2-5-9-17)26(18-10-6-3-7-11-18)14-22(28)20-12-19(27)13-21-24(20)30-15-23(29)25-21/h2,4-5,8-9,12-13,16,18,22,27-28H,3,6-7,10-11,14-15H2,1H3,(H,25,29). The van der Waals surface area contributed by atoms with Crippen molar-refractivity contribution in [2.75, 3.05) is 18.5 Å². The average molecular weight is 411 g/mol. The van der Waals surface area contributed by atoms with Gasteiger partial charge in [-0.15, -0.1) is 0 Å². The van der Waals surface area contributed by atoms with Crippen LogP contribution in [0.2, 0.25) is 0 Å². The predicted molar refractivity (Wildman–Crippen MR) is 116 cm³/mol. The number of nitrogens with zero attached hydrogens (tertiary/aromatic N) is 1. The first kappa shape index (κ1) is 20.7. The molecular formula is C24H30N2O4. The molecule has 6 heteroatoms. The summed E-state index contributed by atoms with van der Waals surface area (Å²) >= 11 is 0. The van der Waals surface area contributed by atoms with E-state index in [-0.39, 0.29) is 24.3 Å². The summed E-state index contributed by atoms with van der Waals surface area (Å²) in [5.74, 6) is 0.167. The number of carbonyl (C=O) groups excluding carboxylic acids is 1. The van der Waals surface area contributed by atoms with Gasteiger partial charge in [-0.3, -0.25) is 9.69 Å². The first-order valence-electron chi connectivity index (χ1n) is 10.8. The van der Waals surface area contributed by atoms with Crippen LogP contribution in [0.4, 0.5) is 5.69 Å². The van der Waals surface area contributed by atoms with Crippen LogP contribution in [0.25, 0.3) is 0 Å². The lowest BCUT2D eigenvalue weighted by molar-refractivity contribution is -0.118. The van der Waals surface area contributed by atoms with Crippen molar-refractivity contribution in [1.82, 2.24) is 4.90 Å². The van der Waals surface area contributed by atoms with E-state index in [0.29, 0.717) is 29.6 Å². The molecule has 1 amide bonds. The Morgan fingerprint density at radius 1 is 1.17 bits per heavy atom. The Bertz CT molecular complexity index is 880. The molecule has 160 valence electrons. The molecule has 0 aromatic heterocycles. The van der Waals surface area contributed by atoms with Crippen LogP contribution in [-0.4, -0.2) is 40.2 Å². The highest BCUT2D eigenvalue weighted by atomic mass is 16.5. The van der Waals surface area contributed by atoms with Crippen molar-refractivity contribution < 1.29 is 19.7 Å². The molecule has 0 spiro atoms. The van der Waals surface area contributed by atoms with Crippen LogP contribution in [0.5, 0.6) is 11.5 Å². The molecule has 2 aromatic rings. The van der Waals surface area contributed by atoms with Crippen LogP contribution >= 0.6 is 0 Å². The minimum Gasteiger partial charge on any atom is -0.508 e. The number of rotatable bonds is 6. The van der Waals surface area contributed by atoms with Gasteiger partial charge in [0.1, 0.15) is 11.5 Å². The second-order valence-corrected chi connectivity index (χ2v) is 8.34. The van der Waals surface area contributed by atoms with Gasteiger partial charge >= 0.3 is 0 Å². The van der Waals surface area contributed by atoms with Crippen molar-refractivity contribution in [2.24, 2.45) is 0 Å². The number of phenols is 1. The molecule has 2 unspecified atom stereocenters. The first-order valence-corrected chi connectivity index (χ1v) is 10.8. The number of benzene rings is 2. The Morgan fingerprint density at radius 3 is 2.63 bits per heavy atom. The third-order valence-corrected chi connectivity index (χ3v) is 6.29. The molecule has 0 radical (unpaired) electrons. The molecule has 1 heterocycles. The zero-order valence-electron chi connectivity index (χ0n) is 17.4. The average Bonchev–Trinajstić information content (AvgIpc) is 2.77. The number of hydrogen-bond donors (Lipinski definition) is 3. The number of hydrogen-bond acceptors (Lipinski definition) is 5. The second-order valence-electron chi connectivity index (χ2n) is 8.34. The molecule has 1 fully saturated rings. The second kappa shape index (κ2) is 9.06. The summed E-state index contributed by atoms with van der Waals surface area (Å²) < 4.78 is 5.61. The zero-order valence-corrected chi connectivity index (χ0v) is 17.4. The van der Waals surface area contributed by atoms with Gasteiger partial charge in [0.2, 0.25) is 0 Å². The summed E-state index contributed by atoms with van der Waals surface area (Å²) in [6.07, 6.45) is 5.06. The number of amides is 1. The van der Waals surface area contributed by atoms with Crippen LogP contribution in [-0.2, 0) is 4.79 Å². The molecule has 30 heavy (non-hydrogen) atoms. The Labute approximate surface area is 177 Å². The van der Waals surface area contributed by atoms with Crippen molar-refractivity contribution in [3.63, 3.8) is 0 Å². The van der Waals surface area contributed by atoms with Crippen molar-refractivity contribution in [3.8, 4) is 11.5 Å². The van der Waals surface area contributed by atoms with Crippen LogP contribution in [0, 0.1) is 0 Å². The Morgan fingerprint density at radius 2 is 1.90 bits per heavy atom. The van der Waals surface area contributed by atoms with Gasteiger partial charge < -0.3 is 20.3 Å². The molecule has 1 saturated carbocycles. The van der Waals surface area contributed by atoms with E-state index < -0.39 is 6.10 Å². The number of phenolic OH excluding ortho intramolecular Hbond substituents is 1. The molecular weight excluding hydrogens is 380 g/mol. The summed E-state index contributed by atoms with van der Waals surface area (Å²) in [5, 5.41) is 24.1. The number of aliphatic hydroxyl groups is 1. The number of ether oxygens (including phenoxy) is 1. The molecule has 2 atom stereocenters. The fourth-order valence-electron chi connectivity index (χ4n) is 4.72. The molecule has 1 aliphatic heterocycles. The highest BCUT2D eigenvalue weighted by Crippen LogP contribution is 2.40. The van der Waals surface area contributed by atoms with Crippen molar-refractivity contribution in [2.45, 2.75) is 57.2 Å². The van der Waals surface area contributed by atoms with Crippen molar-refractivity contribution in [1.29, 1.82) is 0 Å². The van der Waals surface area contributed by atoms with Gasteiger partial charge in [0, 0.05) is 30.3 Å². The van der Waals surface area contributed by atoms with E-state index >= 15 is 0 Å². The van der Waals surface area contributed by atoms with Crippen molar-refractivity contribution in [3.05, 3.63) is 53.6 Å². The van der Waals surface area contributed by atoms with E-state index in [9.17, 15) is 15.0 Å². The van der Waals surface area contributed by atoms with Gasteiger partial charge in [-0.1, -0.05) is 49.6 Å². The number of aromatic hydroxyl groups is 1. The van der Waals surface area contributed by atoms with E-state index in [1.807, 2.05) is 18.2 Å². The molecule has 2 aliphatic rings. The Balaban J connectivity index is 1.62. The number of anilines is 1. The van der Waals surface area contributed by atoms with E-state index in [4.69, 9.17) is 4.74 Å². The summed E-state index contributed by atoms with van der Waals surface area (Å²) in [4.78, 5) is 14.0. The predicted octanol–water partition coefficient (Wildman–Crippen LogP) is 4.15. The lowest BCUT2D eigenvalue weighted by Gasteiger charge is -2.40. The highest BCUT2D eigenvalue weighted by Gasteiger charge is 2.31. The highest BCUT2D eigenvalue weighted by molar-refractivity contribution is 5.96. The van der Waals surface area contributed by atoms with Crippen LogP contribution in [0.3, 0.4) is 0 Å². The van der Waals surface area contributed by atoms with E-state index in [0.717, 1.165) is 12.8 Å². The van der Waals surface area contributed by atoms with E-state index in [1.54, 1.807) is 0 Å². The fraction of sp³-hybridized carbons (Fsp3) is 0.458. The van der Waals surface area contributed by atoms with Crippen LogP contribution in [0.15, 0.2) is 42.5 Å². The maximum absolute atomic E-state index is 11.7. The van der Waals surface area contributed by atoms with Gasteiger partial charge in [0.15, 0.2) is 6.61 Å². The topological polar surface area (TPSA) is 82.0 Å². The maximum Gasteiger partial charge on any atom is 0.262 e. The minimum absolute atomic E-state index is 0.00563. The third-order valence-electron chi connectivity index (χ3n) is 6.29. The minimum atomic E-state index is -0.853. The SMILES string of the molecule is CC(c1ccccc1)N(CC(O)c1cc(O)cc2c1OCC(=O)N2)C1CCCCC1. The maximum atomic E-state index is 11.7. The van der Waals surface area contributed by atoms with Gasteiger partial charge in [-0.2, -0.15) is 0 Å². The molecule has 6 nitrogen and oxygen atoms in total. The lowest BCUT2D eigenvalue weighted by atomic mass is 9.91. The number of carbonyl (C=O) groups is 1. The monoisotopic (exact) mass is 410 g/mol.